The third-order valence-corrected chi connectivity index (χ3v) is 4.94. The van der Waals surface area contributed by atoms with Crippen LogP contribution in [0.1, 0.15) is 21.5 Å². The van der Waals surface area contributed by atoms with Crippen LogP contribution in [0.5, 0.6) is 0 Å². The van der Waals surface area contributed by atoms with Crippen molar-refractivity contribution in [3.63, 3.8) is 0 Å². The summed E-state index contributed by atoms with van der Waals surface area (Å²) in [5.41, 5.74) is 3.56. The molecule has 2 heterocycles. The molecule has 1 N–H and O–H groups in total. The highest BCUT2D eigenvalue weighted by Crippen LogP contribution is 2.27. The van der Waals surface area contributed by atoms with Gasteiger partial charge in [-0.05, 0) is 35.7 Å². The highest BCUT2D eigenvalue weighted by molar-refractivity contribution is 6.33. The summed E-state index contributed by atoms with van der Waals surface area (Å²) in [5.74, 6) is 0.598. The molecule has 3 aromatic rings. The van der Waals surface area contributed by atoms with Crippen LogP contribution >= 0.6 is 11.6 Å². The summed E-state index contributed by atoms with van der Waals surface area (Å²) in [6, 6.07) is 13.2. The maximum Gasteiger partial charge on any atom is 0.337 e. The molecule has 0 saturated heterocycles. The molecule has 7 nitrogen and oxygen atoms in total. The maximum absolute atomic E-state index is 11.8. The van der Waals surface area contributed by atoms with Crippen LogP contribution in [0.15, 0.2) is 48.7 Å². The molecule has 142 valence electrons. The molecule has 1 aromatic heterocycles. The van der Waals surface area contributed by atoms with E-state index in [9.17, 15) is 4.79 Å². The van der Waals surface area contributed by atoms with Crippen molar-refractivity contribution in [2.45, 2.75) is 13.0 Å². The Morgan fingerprint density at radius 2 is 2.04 bits per heavy atom. The summed E-state index contributed by atoms with van der Waals surface area (Å²) in [7, 11) is 1.33. The van der Waals surface area contributed by atoms with Crippen molar-refractivity contribution >= 4 is 35.0 Å². The summed E-state index contributed by atoms with van der Waals surface area (Å²) >= 11 is 6.25. The number of methoxy groups -OCH3 is 1. The van der Waals surface area contributed by atoms with E-state index in [0.29, 0.717) is 28.0 Å². The van der Waals surface area contributed by atoms with Gasteiger partial charge in [0.25, 0.3) is 0 Å². The van der Waals surface area contributed by atoms with E-state index in [0.717, 1.165) is 19.5 Å². The van der Waals surface area contributed by atoms with Crippen LogP contribution in [0.2, 0.25) is 5.02 Å². The fraction of sp³-hybridized carbons (Fsp3) is 0.200. The van der Waals surface area contributed by atoms with Crippen molar-refractivity contribution in [3.05, 3.63) is 70.4 Å². The van der Waals surface area contributed by atoms with Crippen LogP contribution in [-0.2, 0) is 17.7 Å². The minimum Gasteiger partial charge on any atom is -0.465 e. The lowest BCUT2D eigenvalue weighted by molar-refractivity contribution is 0.0601. The number of aromatic nitrogens is 3. The van der Waals surface area contributed by atoms with Gasteiger partial charge in [-0.2, -0.15) is 10.1 Å². The van der Waals surface area contributed by atoms with Crippen LogP contribution in [0.3, 0.4) is 0 Å². The van der Waals surface area contributed by atoms with Gasteiger partial charge in [-0.1, -0.05) is 35.9 Å². The number of esters is 1. The van der Waals surface area contributed by atoms with E-state index in [1.54, 1.807) is 18.2 Å². The minimum atomic E-state index is -0.437. The van der Waals surface area contributed by atoms with Crippen LogP contribution in [-0.4, -0.2) is 34.8 Å². The largest absolute Gasteiger partial charge is 0.465 e. The molecule has 8 heteroatoms. The fourth-order valence-corrected chi connectivity index (χ4v) is 3.32. The molecule has 2 aromatic carbocycles. The van der Waals surface area contributed by atoms with Gasteiger partial charge in [0, 0.05) is 13.1 Å². The Bertz CT molecular complexity index is 1030. The molecule has 0 spiro atoms. The number of carbonyl (C=O) groups excluding carboxylic acids is 1. The number of hydrogen-bond acceptors (Lipinski definition) is 7. The Labute approximate surface area is 167 Å². The first kappa shape index (κ1) is 18.2. The van der Waals surface area contributed by atoms with Crippen molar-refractivity contribution in [2.75, 3.05) is 23.9 Å². The number of nitrogens with one attached hydrogen (secondary N) is 1. The molecule has 0 amide bonds. The Balaban J connectivity index is 1.56. The standard InChI is InChI=1S/C20H18ClN5O2/c1-28-19(27)14-6-7-16(21)17(10-14)23-18-11-22-25-20(24-18)26-9-8-13-4-2-3-5-15(13)12-26/h2-7,10-11H,8-9,12H2,1H3,(H,23,24,25). The smallest absolute Gasteiger partial charge is 0.337 e. The van der Waals surface area contributed by atoms with Gasteiger partial charge in [-0.15, -0.1) is 5.10 Å². The molecule has 1 aliphatic heterocycles. The topological polar surface area (TPSA) is 80.2 Å². The maximum atomic E-state index is 11.8. The molecule has 0 radical (unpaired) electrons. The lowest BCUT2D eigenvalue weighted by Gasteiger charge is -2.28. The van der Waals surface area contributed by atoms with Crippen LogP contribution in [0, 0.1) is 0 Å². The molecule has 1 aliphatic rings. The average molecular weight is 396 g/mol. The molecule has 0 aliphatic carbocycles. The molecule has 4 rings (SSSR count). The van der Waals surface area contributed by atoms with Crippen molar-refractivity contribution in [1.29, 1.82) is 0 Å². The number of rotatable bonds is 4. The summed E-state index contributed by atoms with van der Waals surface area (Å²) < 4.78 is 4.75. The van der Waals surface area contributed by atoms with Crippen molar-refractivity contribution in [3.8, 4) is 0 Å². The second-order valence-electron chi connectivity index (χ2n) is 6.39. The molecule has 0 saturated carbocycles. The van der Waals surface area contributed by atoms with Crippen LogP contribution < -0.4 is 10.2 Å². The predicted octanol–water partition coefficient (Wildman–Crippen LogP) is 3.62. The number of anilines is 3. The molecule has 28 heavy (non-hydrogen) atoms. The lowest BCUT2D eigenvalue weighted by Crippen LogP contribution is -2.32. The fourth-order valence-electron chi connectivity index (χ4n) is 3.16. The van der Waals surface area contributed by atoms with Crippen molar-refractivity contribution < 1.29 is 9.53 Å². The molecule has 0 bridgehead atoms. The molecule has 0 unspecified atom stereocenters. The highest BCUT2D eigenvalue weighted by Gasteiger charge is 2.19. The Hall–Kier alpha value is -3.19. The Morgan fingerprint density at radius 1 is 1.21 bits per heavy atom. The zero-order chi connectivity index (χ0) is 19.5. The number of fused-ring (bicyclic) bond motifs is 1. The minimum absolute atomic E-state index is 0.393. The number of benzene rings is 2. The first-order valence-corrected chi connectivity index (χ1v) is 9.18. The second kappa shape index (κ2) is 7.82. The number of hydrogen-bond donors (Lipinski definition) is 1. The SMILES string of the molecule is COC(=O)c1ccc(Cl)c(Nc2cnnc(N3CCc4ccccc4C3)n2)c1. The number of nitrogens with zero attached hydrogens (tertiary/aromatic N) is 4. The van der Waals surface area contributed by atoms with E-state index in [4.69, 9.17) is 16.3 Å². The second-order valence-corrected chi connectivity index (χ2v) is 6.80. The van der Waals surface area contributed by atoms with Gasteiger partial charge >= 0.3 is 5.97 Å². The van der Waals surface area contributed by atoms with Gasteiger partial charge in [0.15, 0.2) is 5.82 Å². The van der Waals surface area contributed by atoms with E-state index in [1.807, 2.05) is 6.07 Å². The zero-order valence-electron chi connectivity index (χ0n) is 15.2. The quantitative estimate of drug-likeness (QED) is 0.676. The molecule has 0 fully saturated rings. The van der Waals surface area contributed by atoms with E-state index in [2.05, 4.69) is 43.6 Å². The first-order chi connectivity index (χ1) is 13.6. The summed E-state index contributed by atoms with van der Waals surface area (Å²) in [5, 5.41) is 11.8. The van der Waals surface area contributed by atoms with Crippen LogP contribution in [0.25, 0.3) is 0 Å². The lowest BCUT2D eigenvalue weighted by atomic mass is 10.0. The third-order valence-electron chi connectivity index (χ3n) is 4.61. The summed E-state index contributed by atoms with van der Waals surface area (Å²) in [6.45, 7) is 1.56. The molecular formula is C20H18ClN5O2. The normalized spacial score (nSPS) is 13.0. The van der Waals surface area contributed by atoms with Gasteiger partial charge in [-0.3, -0.25) is 0 Å². The first-order valence-electron chi connectivity index (χ1n) is 8.80. The summed E-state index contributed by atoms with van der Waals surface area (Å²) in [4.78, 5) is 18.4. The zero-order valence-corrected chi connectivity index (χ0v) is 16.0. The number of ether oxygens (including phenoxy) is 1. The van der Waals surface area contributed by atoms with E-state index in [1.165, 1.54) is 24.4 Å². The number of halogens is 1. The van der Waals surface area contributed by atoms with Gasteiger partial charge in [0.05, 0.1) is 29.6 Å². The van der Waals surface area contributed by atoms with Gasteiger partial charge < -0.3 is 15.0 Å². The van der Waals surface area contributed by atoms with E-state index >= 15 is 0 Å². The van der Waals surface area contributed by atoms with Gasteiger partial charge in [0.1, 0.15) is 0 Å². The average Bonchev–Trinajstić information content (AvgIpc) is 2.74. The van der Waals surface area contributed by atoms with E-state index in [-0.39, 0.29) is 0 Å². The van der Waals surface area contributed by atoms with Crippen molar-refractivity contribution in [1.82, 2.24) is 15.2 Å². The Morgan fingerprint density at radius 3 is 2.86 bits per heavy atom. The van der Waals surface area contributed by atoms with Gasteiger partial charge in [0.2, 0.25) is 5.95 Å². The predicted molar refractivity (Wildman–Crippen MR) is 107 cm³/mol. The van der Waals surface area contributed by atoms with Gasteiger partial charge in [-0.25, -0.2) is 4.79 Å². The monoisotopic (exact) mass is 395 g/mol. The molecular weight excluding hydrogens is 378 g/mol. The summed E-state index contributed by atoms with van der Waals surface area (Å²) in [6.07, 6.45) is 2.45. The van der Waals surface area contributed by atoms with Crippen LogP contribution in [0.4, 0.5) is 17.5 Å². The third kappa shape index (κ3) is 3.75. The number of carbonyl (C=O) groups is 1. The molecule has 0 atom stereocenters. The van der Waals surface area contributed by atoms with Crippen molar-refractivity contribution in [2.24, 2.45) is 0 Å². The van der Waals surface area contributed by atoms with E-state index < -0.39 is 5.97 Å². The highest BCUT2D eigenvalue weighted by atomic mass is 35.5. The Kier molecular flexibility index (Phi) is 5.08.